The molecule has 0 heterocycles. The maximum absolute atomic E-state index is 12.5. The van der Waals surface area contributed by atoms with Gasteiger partial charge in [-0.3, -0.25) is 4.79 Å². The number of hydrogen-bond donors (Lipinski definition) is 0. The van der Waals surface area contributed by atoms with Crippen molar-refractivity contribution in [2.45, 2.75) is 58.3 Å². The topological polar surface area (TPSA) is 20.3 Å². The molecule has 1 amide bonds. The van der Waals surface area contributed by atoms with Crippen molar-refractivity contribution >= 4 is 17.5 Å². The van der Waals surface area contributed by atoms with Crippen molar-refractivity contribution in [1.82, 2.24) is 4.90 Å². The summed E-state index contributed by atoms with van der Waals surface area (Å²) in [5.74, 6) is 1.11. The summed E-state index contributed by atoms with van der Waals surface area (Å²) in [5, 5.41) is 0. The lowest BCUT2D eigenvalue weighted by atomic mass is 9.82. The second-order valence-electron chi connectivity index (χ2n) is 5.32. The standard InChI is InChI=1S/C14H26ClNO/c1-3-14(9-5-6-10-14)13(17)16(2)12-8-4-7-11-15/h3-12H2,1-2H3. The number of rotatable bonds is 7. The van der Waals surface area contributed by atoms with Gasteiger partial charge in [-0.15, -0.1) is 11.6 Å². The van der Waals surface area contributed by atoms with E-state index >= 15 is 0 Å². The van der Waals surface area contributed by atoms with Gasteiger partial charge >= 0.3 is 0 Å². The molecule has 0 radical (unpaired) electrons. The van der Waals surface area contributed by atoms with Crippen LogP contribution in [0.3, 0.4) is 0 Å². The summed E-state index contributed by atoms with van der Waals surface area (Å²) >= 11 is 5.65. The zero-order valence-electron chi connectivity index (χ0n) is 11.3. The first-order chi connectivity index (χ1) is 8.16. The highest BCUT2D eigenvalue weighted by Gasteiger charge is 2.40. The lowest BCUT2D eigenvalue weighted by molar-refractivity contribution is -0.140. The van der Waals surface area contributed by atoms with E-state index in [4.69, 9.17) is 11.6 Å². The Morgan fingerprint density at radius 3 is 2.41 bits per heavy atom. The SMILES string of the molecule is CCC1(C(=O)N(C)CCCCCCl)CCCC1. The van der Waals surface area contributed by atoms with Gasteiger partial charge in [-0.1, -0.05) is 26.2 Å². The molecule has 0 N–H and O–H groups in total. The summed E-state index contributed by atoms with van der Waals surface area (Å²) in [7, 11) is 1.96. The van der Waals surface area contributed by atoms with Crippen LogP contribution in [0.2, 0.25) is 0 Å². The number of carbonyl (C=O) groups is 1. The smallest absolute Gasteiger partial charge is 0.228 e. The second-order valence-corrected chi connectivity index (χ2v) is 5.70. The molecule has 0 atom stereocenters. The molecule has 1 aliphatic carbocycles. The van der Waals surface area contributed by atoms with E-state index in [1.165, 1.54) is 12.8 Å². The first-order valence-corrected chi connectivity index (χ1v) is 7.51. The minimum atomic E-state index is -0.0266. The third-order valence-electron chi connectivity index (χ3n) is 4.16. The summed E-state index contributed by atoms with van der Waals surface area (Å²) in [6.45, 7) is 3.04. The molecule has 0 aromatic rings. The van der Waals surface area contributed by atoms with Crippen molar-refractivity contribution in [1.29, 1.82) is 0 Å². The van der Waals surface area contributed by atoms with Gasteiger partial charge in [-0.2, -0.15) is 0 Å². The number of halogens is 1. The molecule has 0 aliphatic heterocycles. The van der Waals surface area contributed by atoms with Crippen LogP contribution in [-0.4, -0.2) is 30.3 Å². The van der Waals surface area contributed by atoms with Crippen LogP contribution in [0.25, 0.3) is 0 Å². The Morgan fingerprint density at radius 1 is 1.24 bits per heavy atom. The molecule has 1 aliphatic rings. The molecule has 0 bridgehead atoms. The van der Waals surface area contributed by atoms with Crippen LogP contribution in [0.4, 0.5) is 0 Å². The van der Waals surface area contributed by atoms with E-state index in [0.717, 1.165) is 50.9 Å². The van der Waals surface area contributed by atoms with E-state index in [0.29, 0.717) is 5.91 Å². The molecule has 3 heteroatoms. The molecular formula is C14H26ClNO. The largest absolute Gasteiger partial charge is 0.345 e. The minimum absolute atomic E-state index is 0.0266. The second kappa shape index (κ2) is 7.25. The van der Waals surface area contributed by atoms with Crippen LogP contribution in [0.15, 0.2) is 0 Å². The van der Waals surface area contributed by atoms with E-state index in [-0.39, 0.29) is 5.41 Å². The Bertz CT molecular complexity index is 236. The molecule has 1 saturated carbocycles. The molecule has 100 valence electrons. The highest BCUT2D eigenvalue weighted by Crippen LogP contribution is 2.42. The van der Waals surface area contributed by atoms with Crippen molar-refractivity contribution in [3.8, 4) is 0 Å². The molecule has 0 aromatic carbocycles. The summed E-state index contributed by atoms with van der Waals surface area (Å²) in [6, 6.07) is 0. The fourth-order valence-electron chi connectivity index (χ4n) is 2.90. The van der Waals surface area contributed by atoms with E-state index in [2.05, 4.69) is 6.92 Å². The highest BCUT2D eigenvalue weighted by atomic mass is 35.5. The zero-order valence-corrected chi connectivity index (χ0v) is 12.1. The van der Waals surface area contributed by atoms with Crippen LogP contribution in [-0.2, 0) is 4.79 Å². The van der Waals surface area contributed by atoms with Crippen molar-refractivity contribution < 1.29 is 4.79 Å². The molecule has 0 unspecified atom stereocenters. The van der Waals surface area contributed by atoms with E-state index in [9.17, 15) is 4.79 Å². The Labute approximate surface area is 111 Å². The van der Waals surface area contributed by atoms with Gasteiger partial charge in [0, 0.05) is 24.9 Å². The van der Waals surface area contributed by atoms with Gasteiger partial charge in [0.2, 0.25) is 5.91 Å². The number of nitrogens with zero attached hydrogens (tertiary/aromatic N) is 1. The van der Waals surface area contributed by atoms with Crippen LogP contribution in [0, 0.1) is 5.41 Å². The number of carbonyl (C=O) groups excluding carboxylic acids is 1. The van der Waals surface area contributed by atoms with Gasteiger partial charge in [0.15, 0.2) is 0 Å². The van der Waals surface area contributed by atoms with Crippen LogP contribution >= 0.6 is 11.6 Å². The molecule has 0 saturated heterocycles. The predicted octanol–water partition coefficient (Wildman–Crippen LogP) is 3.82. The lowest BCUT2D eigenvalue weighted by Gasteiger charge is -2.31. The molecular weight excluding hydrogens is 234 g/mol. The quantitative estimate of drug-likeness (QED) is 0.503. The first-order valence-electron chi connectivity index (χ1n) is 6.98. The van der Waals surface area contributed by atoms with Gasteiger partial charge in [0.25, 0.3) is 0 Å². The van der Waals surface area contributed by atoms with Crippen molar-refractivity contribution in [2.75, 3.05) is 19.5 Å². The Morgan fingerprint density at radius 2 is 1.88 bits per heavy atom. The number of amides is 1. The number of alkyl halides is 1. The predicted molar refractivity (Wildman–Crippen MR) is 73.4 cm³/mol. The lowest BCUT2D eigenvalue weighted by Crippen LogP contribution is -2.40. The number of unbranched alkanes of at least 4 members (excludes halogenated alkanes) is 2. The zero-order chi connectivity index (χ0) is 12.7. The van der Waals surface area contributed by atoms with Crippen LogP contribution < -0.4 is 0 Å². The summed E-state index contributed by atoms with van der Waals surface area (Å²) in [6.07, 6.45) is 8.89. The maximum atomic E-state index is 12.5. The van der Waals surface area contributed by atoms with Gasteiger partial charge in [0.1, 0.15) is 0 Å². The average molecular weight is 260 g/mol. The fraction of sp³-hybridized carbons (Fsp3) is 0.929. The minimum Gasteiger partial charge on any atom is -0.345 e. The van der Waals surface area contributed by atoms with Crippen molar-refractivity contribution in [2.24, 2.45) is 5.41 Å². The molecule has 2 nitrogen and oxygen atoms in total. The normalized spacial score (nSPS) is 18.3. The maximum Gasteiger partial charge on any atom is 0.228 e. The Kier molecular flexibility index (Phi) is 6.32. The first kappa shape index (κ1) is 14.8. The molecule has 17 heavy (non-hydrogen) atoms. The summed E-state index contributed by atoms with van der Waals surface area (Å²) < 4.78 is 0. The highest BCUT2D eigenvalue weighted by molar-refractivity contribution is 6.17. The third-order valence-corrected chi connectivity index (χ3v) is 4.43. The van der Waals surface area contributed by atoms with Crippen LogP contribution in [0.5, 0.6) is 0 Å². The average Bonchev–Trinajstić information content (AvgIpc) is 2.83. The van der Waals surface area contributed by atoms with Gasteiger partial charge in [-0.05, 0) is 32.1 Å². The summed E-state index contributed by atoms with van der Waals surface area (Å²) in [4.78, 5) is 14.4. The van der Waals surface area contributed by atoms with E-state index < -0.39 is 0 Å². The molecule has 0 spiro atoms. The van der Waals surface area contributed by atoms with Crippen molar-refractivity contribution in [3.63, 3.8) is 0 Å². The van der Waals surface area contributed by atoms with Gasteiger partial charge in [0.05, 0.1) is 0 Å². The van der Waals surface area contributed by atoms with Gasteiger partial charge < -0.3 is 4.90 Å². The number of hydrogen-bond acceptors (Lipinski definition) is 1. The Balaban J connectivity index is 2.39. The third kappa shape index (κ3) is 3.87. The van der Waals surface area contributed by atoms with E-state index in [1.807, 2.05) is 11.9 Å². The molecule has 1 fully saturated rings. The Hall–Kier alpha value is -0.240. The monoisotopic (exact) mass is 259 g/mol. The van der Waals surface area contributed by atoms with Gasteiger partial charge in [-0.25, -0.2) is 0 Å². The summed E-state index contributed by atoms with van der Waals surface area (Å²) in [5.41, 5.74) is -0.0266. The molecule has 1 rings (SSSR count). The molecule has 0 aromatic heterocycles. The van der Waals surface area contributed by atoms with Crippen LogP contribution in [0.1, 0.15) is 58.3 Å². The van der Waals surface area contributed by atoms with Crippen molar-refractivity contribution in [3.05, 3.63) is 0 Å². The van der Waals surface area contributed by atoms with E-state index in [1.54, 1.807) is 0 Å². The fourth-order valence-corrected chi connectivity index (χ4v) is 3.09.